The van der Waals surface area contributed by atoms with Crippen molar-refractivity contribution in [3.05, 3.63) is 42.2 Å². The Bertz CT molecular complexity index is 623. The number of carboxylic acid groups (broad SMARTS) is 1. The van der Waals surface area contributed by atoms with Crippen LogP contribution in [-0.2, 0) is 11.8 Å². The van der Waals surface area contributed by atoms with E-state index in [0.717, 1.165) is 28.3 Å². The van der Waals surface area contributed by atoms with E-state index in [0.29, 0.717) is 6.61 Å². The minimum Gasteiger partial charge on any atom is -0.493 e. The van der Waals surface area contributed by atoms with Gasteiger partial charge in [-0.2, -0.15) is 5.10 Å². The maximum Gasteiger partial charge on any atom is 0.328 e. The Morgan fingerprint density at radius 3 is 2.81 bits per heavy atom. The number of carboxylic acids is 1. The van der Waals surface area contributed by atoms with E-state index in [2.05, 4.69) is 10.1 Å². The second kappa shape index (κ2) is 7.49. The zero-order valence-corrected chi connectivity index (χ0v) is 12.3. The Kier molecular flexibility index (Phi) is 5.39. The summed E-state index contributed by atoms with van der Waals surface area (Å²) in [5, 5.41) is 13.4. The van der Waals surface area contributed by atoms with Crippen molar-refractivity contribution in [2.45, 2.75) is 5.16 Å². The molecule has 21 heavy (non-hydrogen) atoms. The van der Waals surface area contributed by atoms with Crippen LogP contribution in [-0.4, -0.2) is 38.2 Å². The molecule has 1 heterocycles. The smallest absolute Gasteiger partial charge is 0.328 e. The lowest BCUT2D eigenvalue weighted by Gasteiger charge is -2.06. The Morgan fingerprint density at radius 2 is 2.19 bits per heavy atom. The maximum atomic E-state index is 10.4. The Labute approximate surface area is 126 Å². The van der Waals surface area contributed by atoms with E-state index < -0.39 is 5.97 Å². The third-order valence-electron chi connectivity index (χ3n) is 2.55. The number of rotatable bonds is 7. The van der Waals surface area contributed by atoms with Gasteiger partial charge in [-0.3, -0.25) is 0 Å². The molecule has 0 spiro atoms. The van der Waals surface area contributed by atoms with E-state index in [1.165, 1.54) is 12.4 Å². The first kappa shape index (κ1) is 15.1. The van der Waals surface area contributed by atoms with Gasteiger partial charge in [-0.25, -0.2) is 14.5 Å². The van der Waals surface area contributed by atoms with E-state index in [1.54, 1.807) is 16.4 Å². The van der Waals surface area contributed by atoms with Crippen LogP contribution in [0.4, 0.5) is 0 Å². The predicted molar refractivity (Wildman–Crippen MR) is 80.3 cm³/mol. The van der Waals surface area contributed by atoms with Gasteiger partial charge in [0.2, 0.25) is 0 Å². The standard InChI is InChI=1S/C14H15N3O3S/c1-17-14(15-10-16-17)21-9-8-20-12-5-2-11(3-6-12)4-7-13(18)19/h2-7,10H,8-9H2,1H3,(H,18,19)/b7-4+. The van der Waals surface area contributed by atoms with Crippen molar-refractivity contribution < 1.29 is 14.6 Å². The van der Waals surface area contributed by atoms with E-state index in [1.807, 2.05) is 31.3 Å². The zero-order valence-electron chi connectivity index (χ0n) is 11.5. The van der Waals surface area contributed by atoms with Gasteiger partial charge >= 0.3 is 5.97 Å². The number of aryl methyl sites for hydroxylation is 1. The molecule has 6 nitrogen and oxygen atoms in total. The van der Waals surface area contributed by atoms with Crippen LogP contribution in [0.1, 0.15) is 5.56 Å². The highest BCUT2D eigenvalue weighted by molar-refractivity contribution is 7.99. The Morgan fingerprint density at radius 1 is 1.43 bits per heavy atom. The number of aromatic nitrogens is 3. The number of thioether (sulfide) groups is 1. The van der Waals surface area contributed by atoms with Crippen LogP contribution in [0.3, 0.4) is 0 Å². The van der Waals surface area contributed by atoms with Crippen LogP contribution < -0.4 is 4.74 Å². The summed E-state index contributed by atoms with van der Waals surface area (Å²) in [4.78, 5) is 14.5. The van der Waals surface area contributed by atoms with Crippen molar-refractivity contribution in [3.63, 3.8) is 0 Å². The lowest BCUT2D eigenvalue weighted by Crippen LogP contribution is -2.02. The minimum atomic E-state index is -0.962. The molecule has 0 saturated heterocycles. The summed E-state index contributed by atoms with van der Waals surface area (Å²) in [6, 6.07) is 7.25. The average molecular weight is 305 g/mol. The largest absolute Gasteiger partial charge is 0.493 e. The maximum absolute atomic E-state index is 10.4. The number of ether oxygens (including phenoxy) is 1. The van der Waals surface area contributed by atoms with Gasteiger partial charge in [0.15, 0.2) is 5.16 Å². The molecule has 0 saturated carbocycles. The second-order valence-corrected chi connectivity index (χ2v) is 5.17. The van der Waals surface area contributed by atoms with Crippen molar-refractivity contribution in [2.24, 2.45) is 7.05 Å². The van der Waals surface area contributed by atoms with Crippen LogP contribution in [0.2, 0.25) is 0 Å². The van der Waals surface area contributed by atoms with Gasteiger partial charge in [0.1, 0.15) is 12.1 Å². The highest BCUT2D eigenvalue weighted by Crippen LogP contribution is 2.16. The molecule has 0 atom stereocenters. The second-order valence-electron chi connectivity index (χ2n) is 4.10. The minimum absolute atomic E-state index is 0.557. The predicted octanol–water partition coefficient (Wildman–Crippen LogP) is 2.08. The zero-order chi connectivity index (χ0) is 15.1. The van der Waals surface area contributed by atoms with Gasteiger partial charge in [-0.1, -0.05) is 23.9 Å². The van der Waals surface area contributed by atoms with Crippen LogP contribution >= 0.6 is 11.8 Å². The monoisotopic (exact) mass is 305 g/mol. The number of hydrogen-bond donors (Lipinski definition) is 1. The molecule has 0 aliphatic rings. The fourth-order valence-electron chi connectivity index (χ4n) is 1.55. The average Bonchev–Trinajstić information content (AvgIpc) is 2.88. The lowest BCUT2D eigenvalue weighted by atomic mass is 10.2. The topological polar surface area (TPSA) is 77.2 Å². The number of benzene rings is 1. The number of nitrogens with zero attached hydrogens (tertiary/aromatic N) is 3. The molecular formula is C14H15N3O3S. The van der Waals surface area contributed by atoms with Gasteiger partial charge in [0.25, 0.3) is 0 Å². The van der Waals surface area contributed by atoms with Crippen LogP contribution in [0.5, 0.6) is 5.75 Å². The first-order chi connectivity index (χ1) is 10.1. The Hall–Kier alpha value is -2.28. The van der Waals surface area contributed by atoms with Gasteiger partial charge in [-0.15, -0.1) is 0 Å². The third kappa shape index (κ3) is 4.96. The summed E-state index contributed by atoms with van der Waals surface area (Å²) in [5.74, 6) is 0.560. The van der Waals surface area contributed by atoms with E-state index >= 15 is 0 Å². The molecule has 0 amide bonds. The molecule has 0 unspecified atom stereocenters. The van der Waals surface area contributed by atoms with Crippen molar-refractivity contribution >= 4 is 23.8 Å². The SMILES string of the molecule is Cn1ncnc1SCCOc1ccc(/C=C/C(=O)O)cc1. The molecule has 0 aliphatic heterocycles. The van der Waals surface area contributed by atoms with Crippen LogP contribution in [0, 0.1) is 0 Å². The van der Waals surface area contributed by atoms with Gasteiger partial charge in [0, 0.05) is 18.9 Å². The normalized spacial score (nSPS) is 10.9. The molecule has 1 aromatic carbocycles. The molecular weight excluding hydrogens is 290 g/mol. The van der Waals surface area contributed by atoms with Gasteiger partial charge in [0.05, 0.1) is 6.61 Å². The first-order valence-electron chi connectivity index (χ1n) is 6.26. The van der Waals surface area contributed by atoms with E-state index in [4.69, 9.17) is 9.84 Å². The number of carbonyl (C=O) groups is 1. The summed E-state index contributed by atoms with van der Waals surface area (Å²) in [6.45, 7) is 0.557. The fraction of sp³-hybridized carbons (Fsp3) is 0.214. The quantitative estimate of drug-likeness (QED) is 0.479. The molecule has 110 valence electrons. The third-order valence-corrected chi connectivity index (χ3v) is 3.55. The first-order valence-corrected chi connectivity index (χ1v) is 7.24. The van der Waals surface area contributed by atoms with Crippen molar-refractivity contribution in [1.82, 2.24) is 14.8 Å². The highest BCUT2D eigenvalue weighted by Gasteiger charge is 2.01. The van der Waals surface area contributed by atoms with E-state index in [-0.39, 0.29) is 0 Å². The molecule has 1 aromatic heterocycles. The molecule has 0 fully saturated rings. The summed E-state index contributed by atoms with van der Waals surface area (Å²) in [5.41, 5.74) is 0.818. The molecule has 1 N–H and O–H groups in total. The van der Waals surface area contributed by atoms with Crippen molar-refractivity contribution in [2.75, 3.05) is 12.4 Å². The molecule has 0 bridgehead atoms. The van der Waals surface area contributed by atoms with E-state index in [9.17, 15) is 4.79 Å². The molecule has 0 aliphatic carbocycles. The summed E-state index contributed by atoms with van der Waals surface area (Å²) in [6.07, 6.45) is 4.16. The van der Waals surface area contributed by atoms with Crippen molar-refractivity contribution in [3.8, 4) is 5.75 Å². The van der Waals surface area contributed by atoms with Crippen LogP contribution in [0.25, 0.3) is 6.08 Å². The lowest BCUT2D eigenvalue weighted by molar-refractivity contribution is -0.131. The highest BCUT2D eigenvalue weighted by atomic mass is 32.2. The van der Waals surface area contributed by atoms with Crippen LogP contribution in [0.15, 0.2) is 41.8 Å². The molecule has 2 aromatic rings. The molecule has 7 heteroatoms. The molecule has 0 radical (unpaired) electrons. The molecule has 2 rings (SSSR count). The number of aliphatic carboxylic acids is 1. The summed E-state index contributed by atoms with van der Waals surface area (Å²) >= 11 is 1.58. The Balaban J connectivity index is 1.76. The van der Waals surface area contributed by atoms with Gasteiger partial charge < -0.3 is 9.84 Å². The van der Waals surface area contributed by atoms with Gasteiger partial charge in [-0.05, 0) is 23.8 Å². The summed E-state index contributed by atoms with van der Waals surface area (Å²) in [7, 11) is 1.85. The van der Waals surface area contributed by atoms with Crippen molar-refractivity contribution in [1.29, 1.82) is 0 Å². The number of hydrogen-bond acceptors (Lipinski definition) is 5. The summed E-state index contributed by atoms with van der Waals surface area (Å²) < 4.78 is 7.32. The fourth-order valence-corrected chi connectivity index (χ4v) is 2.26.